The predicted molar refractivity (Wildman–Crippen MR) is 63.4 cm³/mol. The fourth-order valence-electron chi connectivity index (χ4n) is 1.56. The third-order valence-electron chi connectivity index (χ3n) is 2.53. The van der Waals surface area contributed by atoms with E-state index in [2.05, 4.69) is 18.3 Å². The fourth-order valence-corrected chi connectivity index (χ4v) is 1.73. The Morgan fingerprint density at radius 1 is 1.40 bits per heavy atom. The van der Waals surface area contributed by atoms with E-state index in [1.807, 2.05) is 25.2 Å². The van der Waals surface area contributed by atoms with Gasteiger partial charge in [0.15, 0.2) is 0 Å². The number of halogens is 1. The molecule has 80 valence electrons. The fraction of sp³-hybridized carbons (Fsp3) is 0.333. The maximum Gasteiger partial charge on any atom is 0.135 e. The molecule has 0 spiro atoms. The van der Waals surface area contributed by atoms with Crippen molar-refractivity contribution in [3.05, 3.63) is 35.0 Å². The molecule has 0 saturated heterocycles. The second kappa shape index (κ2) is 4.25. The van der Waals surface area contributed by atoms with Gasteiger partial charge in [-0.2, -0.15) is 0 Å². The summed E-state index contributed by atoms with van der Waals surface area (Å²) in [6, 6.07) is 8.20. The SMILES string of the molecule is CNC(C)Cc1cc2ccc(Cl)cc2o1. The number of rotatable bonds is 3. The van der Waals surface area contributed by atoms with Crippen molar-refractivity contribution in [2.75, 3.05) is 7.05 Å². The van der Waals surface area contributed by atoms with Crippen LogP contribution in [0.3, 0.4) is 0 Å². The summed E-state index contributed by atoms with van der Waals surface area (Å²) in [6.07, 6.45) is 0.892. The van der Waals surface area contributed by atoms with Gasteiger partial charge in [0.05, 0.1) is 0 Å². The Morgan fingerprint density at radius 3 is 2.93 bits per heavy atom. The summed E-state index contributed by atoms with van der Waals surface area (Å²) in [6.45, 7) is 2.13. The highest BCUT2D eigenvalue weighted by atomic mass is 35.5. The number of nitrogens with one attached hydrogen (secondary N) is 1. The van der Waals surface area contributed by atoms with Gasteiger partial charge in [0.1, 0.15) is 11.3 Å². The molecule has 1 aromatic carbocycles. The van der Waals surface area contributed by atoms with Gasteiger partial charge in [0.25, 0.3) is 0 Å². The Bertz CT molecular complexity index is 464. The summed E-state index contributed by atoms with van der Waals surface area (Å²) in [4.78, 5) is 0. The van der Waals surface area contributed by atoms with Gasteiger partial charge in [-0.15, -0.1) is 0 Å². The first kappa shape index (κ1) is 10.5. The minimum Gasteiger partial charge on any atom is -0.461 e. The lowest BCUT2D eigenvalue weighted by atomic mass is 10.2. The van der Waals surface area contributed by atoms with E-state index in [0.717, 1.165) is 23.2 Å². The van der Waals surface area contributed by atoms with Crippen molar-refractivity contribution >= 4 is 22.6 Å². The van der Waals surface area contributed by atoms with Crippen LogP contribution in [-0.2, 0) is 6.42 Å². The third-order valence-corrected chi connectivity index (χ3v) is 2.77. The molecule has 1 atom stereocenters. The predicted octanol–water partition coefficient (Wildman–Crippen LogP) is 3.24. The van der Waals surface area contributed by atoms with E-state index in [9.17, 15) is 0 Å². The first-order chi connectivity index (χ1) is 7.19. The van der Waals surface area contributed by atoms with Crippen molar-refractivity contribution in [1.29, 1.82) is 0 Å². The number of fused-ring (bicyclic) bond motifs is 1. The molecule has 3 heteroatoms. The van der Waals surface area contributed by atoms with E-state index in [-0.39, 0.29) is 0 Å². The van der Waals surface area contributed by atoms with Crippen LogP contribution in [0.15, 0.2) is 28.7 Å². The minimum atomic E-state index is 0.418. The van der Waals surface area contributed by atoms with E-state index >= 15 is 0 Å². The molecular formula is C12H14ClNO. The number of hydrogen-bond donors (Lipinski definition) is 1. The molecule has 2 nitrogen and oxygen atoms in total. The highest BCUT2D eigenvalue weighted by Gasteiger charge is 2.07. The summed E-state index contributed by atoms with van der Waals surface area (Å²) < 4.78 is 5.70. The first-order valence-electron chi connectivity index (χ1n) is 5.04. The van der Waals surface area contributed by atoms with Crippen LogP contribution in [0.5, 0.6) is 0 Å². The third kappa shape index (κ3) is 2.33. The van der Waals surface area contributed by atoms with Gasteiger partial charge in [0, 0.05) is 22.9 Å². The van der Waals surface area contributed by atoms with Crippen molar-refractivity contribution in [2.45, 2.75) is 19.4 Å². The van der Waals surface area contributed by atoms with E-state index in [4.69, 9.17) is 16.0 Å². The van der Waals surface area contributed by atoms with Crippen LogP contribution in [0.2, 0.25) is 5.02 Å². The topological polar surface area (TPSA) is 25.2 Å². The van der Waals surface area contributed by atoms with E-state index in [0.29, 0.717) is 11.1 Å². The molecule has 0 aliphatic carbocycles. The summed E-state index contributed by atoms with van der Waals surface area (Å²) in [5, 5.41) is 5.01. The van der Waals surface area contributed by atoms with Crippen LogP contribution in [0.4, 0.5) is 0 Å². The van der Waals surface area contributed by atoms with Crippen LogP contribution in [0.1, 0.15) is 12.7 Å². The van der Waals surface area contributed by atoms with Crippen LogP contribution < -0.4 is 5.32 Å². The van der Waals surface area contributed by atoms with Crippen LogP contribution in [0, 0.1) is 0 Å². The molecule has 0 fully saturated rings. The summed E-state index contributed by atoms with van der Waals surface area (Å²) >= 11 is 5.89. The molecule has 15 heavy (non-hydrogen) atoms. The van der Waals surface area contributed by atoms with Gasteiger partial charge in [0.2, 0.25) is 0 Å². The summed E-state index contributed by atoms with van der Waals surface area (Å²) in [7, 11) is 1.95. The summed E-state index contributed by atoms with van der Waals surface area (Å²) in [5.74, 6) is 0.995. The van der Waals surface area contributed by atoms with Crippen molar-refractivity contribution in [1.82, 2.24) is 5.32 Å². The molecule has 0 aliphatic heterocycles. The van der Waals surface area contributed by atoms with E-state index in [1.54, 1.807) is 0 Å². The lowest BCUT2D eigenvalue weighted by molar-refractivity contribution is 0.497. The second-order valence-corrected chi connectivity index (χ2v) is 4.23. The zero-order valence-corrected chi connectivity index (χ0v) is 9.64. The maximum atomic E-state index is 5.89. The van der Waals surface area contributed by atoms with E-state index < -0.39 is 0 Å². The average molecular weight is 224 g/mol. The highest BCUT2D eigenvalue weighted by molar-refractivity contribution is 6.31. The van der Waals surface area contributed by atoms with Crippen LogP contribution >= 0.6 is 11.6 Å². The van der Waals surface area contributed by atoms with Gasteiger partial charge >= 0.3 is 0 Å². The van der Waals surface area contributed by atoms with E-state index in [1.165, 1.54) is 0 Å². The highest BCUT2D eigenvalue weighted by Crippen LogP contribution is 2.23. The molecule has 1 unspecified atom stereocenters. The molecule has 0 saturated carbocycles. The Labute approximate surface area is 94.2 Å². The standard InChI is InChI=1S/C12H14ClNO/c1-8(14-2)5-11-6-9-3-4-10(13)7-12(9)15-11/h3-4,6-8,14H,5H2,1-2H3. The molecule has 0 bridgehead atoms. The van der Waals surface area contributed by atoms with Crippen molar-refractivity contribution < 1.29 is 4.42 Å². The zero-order chi connectivity index (χ0) is 10.8. The van der Waals surface area contributed by atoms with Crippen molar-refractivity contribution in [2.24, 2.45) is 0 Å². The molecule has 0 amide bonds. The average Bonchev–Trinajstić information content (AvgIpc) is 2.59. The molecule has 2 aromatic rings. The Morgan fingerprint density at radius 2 is 2.20 bits per heavy atom. The van der Waals surface area contributed by atoms with Crippen molar-refractivity contribution in [3.8, 4) is 0 Å². The second-order valence-electron chi connectivity index (χ2n) is 3.79. The molecular weight excluding hydrogens is 210 g/mol. The molecule has 1 heterocycles. The van der Waals surface area contributed by atoms with Crippen LogP contribution in [-0.4, -0.2) is 13.1 Å². The van der Waals surface area contributed by atoms with Gasteiger partial charge in [-0.25, -0.2) is 0 Å². The van der Waals surface area contributed by atoms with Gasteiger partial charge in [-0.1, -0.05) is 11.6 Å². The monoisotopic (exact) mass is 223 g/mol. The molecule has 1 aromatic heterocycles. The molecule has 0 aliphatic rings. The number of benzene rings is 1. The van der Waals surface area contributed by atoms with Gasteiger partial charge in [-0.3, -0.25) is 0 Å². The normalized spacial score (nSPS) is 13.3. The lowest BCUT2D eigenvalue weighted by Crippen LogP contribution is -2.23. The minimum absolute atomic E-state index is 0.418. The molecule has 1 N–H and O–H groups in total. The maximum absolute atomic E-state index is 5.89. The lowest BCUT2D eigenvalue weighted by Gasteiger charge is -2.06. The number of hydrogen-bond acceptors (Lipinski definition) is 2. The Balaban J connectivity index is 2.30. The first-order valence-corrected chi connectivity index (χ1v) is 5.42. The molecule has 0 radical (unpaired) electrons. The smallest absolute Gasteiger partial charge is 0.135 e. The number of likely N-dealkylation sites (N-methyl/N-ethyl adjacent to an activating group) is 1. The summed E-state index contributed by atoms with van der Waals surface area (Å²) in [5.41, 5.74) is 0.862. The van der Waals surface area contributed by atoms with Crippen molar-refractivity contribution in [3.63, 3.8) is 0 Å². The Kier molecular flexibility index (Phi) is 2.98. The van der Waals surface area contributed by atoms with Gasteiger partial charge in [-0.05, 0) is 38.2 Å². The molecule has 2 rings (SSSR count). The number of furan rings is 1. The van der Waals surface area contributed by atoms with Crippen LogP contribution in [0.25, 0.3) is 11.0 Å². The zero-order valence-electron chi connectivity index (χ0n) is 8.88. The van der Waals surface area contributed by atoms with Gasteiger partial charge < -0.3 is 9.73 Å². The quantitative estimate of drug-likeness (QED) is 0.864. The Hall–Kier alpha value is -0.990. The largest absolute Gasteiger partial charge is 0.461 e.